The third-order valence-corrected chi connectivity index (χ3v) is 6.24. The van der Waals surface area contributed by atoms with Crippen LogP contribution in [0.1, 0.15) is 30.3 Å². The molecule has 4 aromatic rings. The Hall–Kier alpha value is -2.44. The van der Waals surface area contributed by atoms with E-state index >= 15 is 0 Å². The van der Waals surface area contributed by atoms with Gasteiger partial charge in [-0.15, -0.1) is 11.3 Å². The van der Waals surface area contributed by atoms with Gasteiger partial charge in [0.05, 0.1) is 28.4 Å². The van der Waals surface area contributed by atoms with E-state index < -0.39 is 0 Å². The topological polar surface area (TPSA) is 51.3 Å². The zero-order chi connectivity index (χ0) is 17.5. The third kappa shape index (κ3) is 2.66. The molecule has 132 valence electrons. The van der Waals surface area contributed by atoms with Crippen LogP contribution >= 0.6 is 11.3 Å². The molecule has 5 nitrogen and oxygen atoms in total. The van der Waals surface area contributed by atoms with Gasteiger partial charge in [0, 0.05) is 6.54 Å². The molecule has 0 unspecified atom stereocenters. The molecule has 6 heteroatoms. The van der Waals surface area contributed by atoms with Crippen molar-refractivity contribution in [2.45, 2.75) is 32.0 Å². The summed E-state index contributed by atoms with van der Waals surface area (Å²) in [7, 11) is 0. The van der Waals surface area contributed by atoms with Gasteiger partial charge in [0.15, 0.2) is 5.58 Å². The summed E-state index contributed by atoms with van der Waals surface area (Å²) in [4.78, 5) is 19.6. The van der Waals surface area contributed by atoms with Crippen molar-refractivity contribution in [2.75, 3.05) is 6.54 Å². The van der Waals surface area contributed by atoms with Gasteiger partial charge in [-0.1, -0.05) is 30.7 Å². The molecule has 1 fully saturated rings. The number of oxazole rings is 1. The molecule has 1 atom stereocenters. The van der Waals surface area contributed by atoms with Crippen molar-refractivity contribution in [1.82, 2.24) is 14.5 Å². The Morgan fingerprint density at radius 2 is 1.96 bits per heavy atom. The van der Waals surface area contributed by atoms with Crippen molar-refractivity contribution in [3.63, 3.8) is 0 Å². The van der Waals surface area contributed by atoms with Crippen molar-refractivity contribution >= 4 is 32.7 Å². The van der Waals surface area contributed by atoms with Crippen molar-refractivity contribution in [2.24, 2.45) is 0 Å². The lowest BCUT2D eigenvalue weighted by Crippen LogP contribution is -2.37. The summed E-state index contributed by atoms with van der Waals surface area (Å²) in [5.41, 5.74) is 2.56. The van der Waals surface area contributed by atoms with Crippen LogP contribution < -0.4 is 5.76 Å². The minimum Gasteiger partial charge on any atom is -0.408 e. The zero-order valence-electron chi connectivity index (χ0n) is 14.3. The highest BCUT2D eigenvalue weighted by Gasteiger charge is 2.28. The van der Waals surface area contributed by atoms with Crippen LogP contribution in [0.25, 0.3) is 21.3 Å². The first-order valence-corrected chi connectivity index (χ1v) is 9.79. The molecule has 2 aromatic heterocycles. The summed E-state index contributed by atoms with van der Waals surface area (Å²) < 4.78 is 8.36. The first-order chi connectivity index (χ1) is 12.8. The van der Waals surface area contributed by atoms with Crippen molar-refractivity contribution < 1.29 is 4.42 Å². The second-order valence-corrected chi connectivity index (χ2v) is 7.81. The minimum absolute atomic E-state index is 0.252. The lowest BCUT2D eigenvalue weighted by molar-refractivity contribution is 0.109. The number of benzene rings is 2. The molecule has 0 bridgehead atoms. The largest absolute Gasteiger partial charge is 0.421 e. The maximum absolute atomic E-state index is 12.4. The number of nitrogens with zero attached hydrogens (tertiary/aromatic N) is 3. The number of hydrogen-bond donors (Lipinski definition) is 0. The fourth-order valence-corrected chi connectivity index (χ4v) is 4.94. The Kier molecular flexibility index (Phi) is 3.87. The second kappa shape index (κ2) is 6.37. The van der Waals surface area contributed by atoms with Gasteiger partial charge in [0.2, 0.25) is 0 Å². The van der Waals surface area contributed by atoms with E-state index in [1.54, 1.807) is 15.9 Å². The van der Waals surface area contributed by atoms with Crippen LogP contribution in [0.3, 0.4) is 0 Å². The van der Waals surface area contributed by atoms with Crippen LogP contribution in [0.5, 0.6) is 0 Å². The molecule has 0 radical (unpaired) electrons. The van der Waals surface area contributed by atoms with Crippen LogP contribution in [0, 0.1) is 0 Å². The smallest absolute Gasteiger partial charge is 0.408 e. The number of para-hydroxylation sites is 3. The standard InChI is InChI=1S/C20H19N3O2S/c24-20-23(15-8-2-3-10-17(15)25-20)13-22-12-6-5-9-16(22)19-21-14-7-1-4-11-18(14)26-19/h1-4,7-8,10-11,16H,5-6,9,12-13H2/t16-/m0/s1. The number of aromatic nitrogens is 2. The van der Waals surface area contributed by atoms with Gasteiger partial charge < -0.3 is 4.42 Å². The maximum atomic E-state index is 12.4. The number of fused-ring (bicyclic) bond motifs is 2. The molecule has 0 N–H and O–H groups in total. The lowest BCUT2D eigenvalue weighted by Gasteiger charge is -2.34. The Balaban J connectivity index is 1.51. The number of rotatable bonds is 3. The highest BCUT2D eigenvalue weighted by atomic mass is 32.1. The molecule has 2 aromatic carbocycles. The summed E-state index contributed by atoms with van der Waals surface area (Å²) in [6.07, 6.45) is 3.41. The summed E-state index contributed by atoms with van der Waals surface area (Å²) in [6, 6.07) is 16.1. The normalized spacial score (nSPS) is 18.7. The number of likely N-dealkylation sites (tertiary alicyclic amines) is 1. The second-order valence-electron chi connectivity index (χ2n) is 6.75. The van der Waals surface area contributed by atoms with Gasteiger partial charge in [0.1, 0.15) is 5.01 Å². The summed E-state index contributed by atoms with van der Waals surface area (Å²) in [5.74, 6) is -0.292. The summed E-state index contributed by atoms with van der Waals surface area (Å²) in [6.45, 7) is 1.50. The molecule has 26 heavy (non-hydrogen) atoms. The predicted molar refractivity (Wildman–Crippen MR) is 103 cm³/mol. The molecule has 0 spiro atoms. The van der Waals surface area contributed by atoms with Crippen molar-refractivity contribution in [3.05, 3.63) is 64.1 Å². The van der Waals surface area contributed by atoms with Crippen LogP contribution in [-0.2, 0) is 6.67 Å². The van der Waals surface area contributed by atoms with Gasteiger partial charge >= 0.3 is 5.76 Å². The summed E-state index contributed by atoms with van der Waals surface area (Å²) in [5, 5.41) is 1.15. The minimum atomic E-state index is -0.292. The Labute approximate surface area is 154 Å². The molecule has 0 aliphatic carbocycles. The van der Waals surface area contributed by atoms with E-state index in [-0.39, 0.29) is 11.8 Å². The molecule has 1 aliphatic heterocycles. The first-order valence-electron chi connectivity index (χ1n) is 8.97. The van der Waals surface area contributed by atoms with E-state index in [1.165, 1.54) is 11.1 Å². The molecular weight excluding hydrogens is 346 g/mol. The van der Waals surface area contributed by atoms with E-state index in [1.807, 2.05) is 30.3 Å². The van der Waals surface area contributed by atoms with E-state index in [4.69, 9.17) is 9.40 Å². The van der Waals surface area contributed by atoms with E-state index in [9.17, 15) is 4.79 Å². The quantitative estimate of drug-likeness (QED) is 0.540. The zero-order valence-corrected chi connectivity index (χ0v) is 15.1. The van der Waals surface area contributed by atoms with Crippen LogP contribution in [0.15, 0.2) is 57.7 Å². The first kappa shape index (κ1) is 15.8. The fourth-order valence-electron chi connectivity index (χ4n) is 3.80. The van der Waals surface area contributed by atoms with Gasteiger partial charge in [-0.2, -0.15) is 0 Å². The highest BCUT2D eigenvalue weighted by Crippen LogP contribution is 2.36. The van der Waals surface area contributed by atoms with E-state index in [0.29, 0.717) is 12.3 Å². The third-order valence-electron chi connectivity index (χ3n) is 5.11. The Bertz CT molecular complexity index is 1090. The van der Waals surface area contributed by atoms with Gasteiger partial charge in [-0.05, 0) is 37.1 Å². The van der Waals surface area contributed by atoms with Gasteiger partial charge in [-0.3, -0.25) is 9.47 Å². The maximum Gasteiger partial charge on any atom is 0.421 e. The fraction of sp³-hybridized carbons (Fsp3) is 0.300. The Morgan fingerprint density at radius 3 is 2.88 bits per heavy atom. The molecular formula is C20H19N3O2S. The lowest BCUT2D eigenvalue weighted by atomic mass is 10.0. The monoisotopic (exact) mass is 365 g/mol. The molecule has 5 rings (SSSR count). The SMILES string of the molecule is O=c1oc2ccccc2n1CN1CCCC[C@H]1c1nc2ccccc2s1. The highest BCUT2D eigenvalue weighted by molar-refractivity contribution is 7.18. The number of thiazole rings is 1. The number of hydrogen-bond acceptors (Lipinski definition) is 5. The average molecular weight is 365 g/mol. The molecule has 1 saturated heterocycles. The van der Waals surface area contributed by atoms with E-state index in [0.717, 1.165) is 35.4 Å². The van der Waals surface area contributed by atoms with Gasteiger partial charge in [-0.25, -0.2) is 9.78 Å². The van der Waals surface area contributed by atoms with Crippen molar-refractivity contribution in [3.8, 4) is 0 Å². The average Bonchev–Trinajstić information content (AvgIpc) is 3.23. The molecule has 0 amide bonds. The van der Waals surface area contributed by atoms with Crippen LogP contribution in [0.4, 0.5) is 0 Å². The molecule has 0 saturated carbocycles. The Morgan fingerprint density at radius 1 is 1.12 bits per heavy atom. The van der Waals surface area contributed by atoms with E-state index in [2.05, 4.69) is 23.1 Å². The van der Waals surface area contributed by atoms with Crippen LogP contribution in [0.2, 0.25) is 0 Å². The predicted octanol–water partition coefficient (Wildman–Crippen LogP) is 4.39. The number of piperidine rings is 1. The van der Waals surface area contributed by atoms with Crippen LogP contribution in [-0.4, -0.2) is 21.0 Å². The summed E-state index contributed by atoms with van der Waals surface area (Å²) >= 11 is 1.76. The molecule has 1 aliphatic rings. The molecule has 3 heterocycles. The van der Waals surface area contributed by atoms with Crippen molar-refractivity contribution in [1.29, 1.82) is 0 Å². The van der Waals surface area contributed by atoms with Gasteiger partial charge in [0.25, 0.3) is 0 Å².